The Balaban J connectivity index is 1.92. The molecule has 0 bridgehead atoms. The molecule has 1 aliphatic rings. The van der Waals surface area contributed by atoms with Gasteiger partial charge in [0.15, 0.2) is 5.70 Å². The molecule has 6 nitrogen and oxygen atoms in total. The second kappa shape index (κ2) is 7.69. The first-order valence-corrected chi connectivity index (χ1v) is 10.3. The smallest absolute Gasteiger partial charge is 0.363 e. The Hall–Kier alpha value is -2.77. The summed E-state index contributed by atoms with van der Waals surface area (Å²) in [5.41, 5.74) is 2.65. The first-order valence-electron chi connectivity index (χ1n) is 8.84. The number of ether oxygens (including phenoxy) is 1. The number of benzene rings is 2. The van der Waals surface area contributed by atoms with E-state index in [1.807, 2.05) is 24.3 Å². The van der Waals surface area contributed by atoms with Gasteiger partial charge in [-0.05, 0) is 41.3 Å². The van der Waals surface area contributed by atoms with Crippen LogP contribution in [0, 0.1) is 0 Å². The normalized spacial score (nSPS) is 16.0. The number of cyclic esters (lactones) is 1. The monoisotopic (exact) mass is 398 g/mol. The number of carbonyl (C=O) groups is 1. The maximum absolute atomic E-state index is 12.3. The van der Waals surface area contributed by atoms with E-state index in [2.05, 4.69) is 18.8 Å². The SMILES string of the molecule is CC(C)c1ccc(/C=C2/N=C(c3cccc(S(=O)(=O)N(C)C)c3)OC2=O)cc1. The van der Waals surface area contributed by atoms with E-state index in [0.29, 0.717) is 11.5 Å². The lowest BCUT2D eigenvalue weighted by Crippen LogP contribution is -2.22. The van der Waals surface area contributed by atoms with Crippen molar-refractivity contribution in [1.82, 2.24) is 4.31 Å². The Labute approximate surface area is 165 Å². The molecule has 3 rings (SSSR count). The van der Waals surface area contributed by atoms with Gasteiger partial charge in [0.05, 0.1) is 4.90 Å². The maximum atomic E-state index is 12.3. The molecule has 28 heavy (non-hydrogen) atoms. The highest BCUT2D eigenvalue weighted by Gasteiger charge is 2.26. The highest BCUT2D eigenvalue weighted by atomic mass is 32.2. The summed E-state index contributed by atoms with van der Waals surface area (Å²) < 4.78 is 31.0. The van der Waals surface area contributed by atoms with Gasteiger partial charge in [-0.2, -0.15) is 0 Å². The van der Waals surface area contributed by atoms with E-state index in [1.54, 1.807) is 18.2 Å². The molecule has 0 amide bonds. The zero-order valence-corrected chi connectivity index (χ0v) is 17.0. The zero-order valence-electron chi connectivity index (χ0n) is 16.2. The van der Waals surface area contributed by atoms with Gasteiger partial charge >= 0.3 is 5.97 Å². The van der Waals surface area contributed by atoms with Gasteiger partial charge in [-0.25, -0.2) is 22.5 Å². The lowest BCUT2D eigenvalue weighted by atomic mass is 10.0. The second-order valence-electron chi connectivity index (χ2n) is 6.97. The van der Waals surface area contributed by atoms with Crippen LogP contribution < -0.4 is 0 Å². The number of hydrogen-bond acceptors (Lipinski definition) is 5. The molecule has 7 heteroatoms. The van der Waals surface area contributed by atoms with Crippen LogP contribution in [0.2, 0.25) is 0 Å². The molecule has 0 aliphatic carbocycles. The Kier molecular flexibility index (Phi) is 5.49. The minimum Gasteiger partial charge on any atom is -0.402 e. The summed E-state index contributed by atoms with van der Waals surface area (Å²) >= 11 is 0. The summed E-state index contributed by atoms with van der Waals surface area (Å²) in [6, 6.07) is 14.1. The van der Waals surface area contributed by atoms with Crippen LogP contribution in [-0.2, 0) is 19.6 Å². The van der Waals surface area contributed by atoms with Crippen molar-refractivity contribution in [2.45, 2.75) is 24.7 Å². The van der Waals surface area contributed by atoms with Gasteiger partial charge < -0.3 is 4.74 Å². The number of rotatable bonds is 5. The molecule has 0 fully saturated rings. The number of sulfonamides is 1. The topological polar surface area (TPSA) is 76.0 Å². The van der Waals surface area contributed by atoms with Crippen molar-refractivity contribution in [2.24, 2.45) is 4.99 Å². The molecule has 0 saturated heterocycles. The van der Waals surface area contributed by atoms with Gasteiger partial charge in [0, 0.05) is 19.7 Å². The summed E-state index contributed by atoms with van der Waals surface area (Å²) in [5, 5.41) is 0. The first-order chi connectivity index (χ1) is 13.2. The summed E-state index contributed by atoms with van der Waals surface area (Å²) in [6.45, 7) is 4.23. The maximum Gasteiger partial charge on any atom is 0.363 e. The van der Waals surface area contributed by atoms with Crippen molar-refractivity contribution in [3.63, 3.8) is 0 Å². The molecule has 0 N–H and O–H groups in total. The highest BCUT2D eigenvalue weighted by molar-refractivity contribution is 7.89. The van der Waals surface area contributed by atoms with Gasteiger partial charge in [0.1, 0.15) is 0 Å². The average Bonchev–Trinajstić information content (AvgIpc) is 3.02. The molecule has 0 saturated carbocycles. The van der Waals surface area contributed by atoms with Gasteiger partial charge in [0.25, 0.3) is 0 Å². The van der Waals surface area contributed by atoms with Crippen molar-refractivity contribution in [1.29, 1.82) is 0 Å². The van der Waals surface area contributed by atoms with Crippen LogP contribution in [-0.4, -0.2) is 38.7 Å². The quantitative estimate of drug-likeness (QED) is 0.571. The minimum absolute atomic E-state index is 0.0888. The van der Waals surface area contributed by atoms with Crippen molar-refractivity contribution in [2.75, 3.05) is 14.1 Å². The van der Waals surface area contributed by atoms with Gasteiger partial charge in [-0.1, -0.05) is 44.2 Å². The van der Waals surface area contributed by atoms with Gasteiger partial charge in [0.2, 0.25) is 15.9 Å². The average molecular weight is 398 g/mol. The fourth-order valence-electron chi connectivity index (χ4n) is 2.67. The van der Waals surface area contributed by atoms with Gasteiger partial charge in [-0.3, -0.25) is 0 Å². The lowest BCUT2D eigenvalue weighted by Gasteiger charge is -2.11. The number of nitrogens with zero attached hydrogens (tertiary/aromatic N) is 2. The second-order valence-corrected chi connectivity index (χ2v) is 9.12. The van der Waals surface area contributed by atoms with Crippen LogP contribution in [0.1, 0.15) is 36.5 Å². The van der Waals surface area contributed by atoms with Gasteiger partial charge in [-0.15, -0.1) is 0 Å². The number of carbonyl (C=O) groups excluding carboxylic acids is 1. The summed E-state index contributed by atoms with van der Waals surface area (Å²) in [7, 11) is -0.675. The Morgan fingerprint density at radius 1 is 1.07 bits per heavy atom. The molecule has 0 atom stereocenters. The largest absolute Gasteiger partial charge is 0.402 e. The first kappa shape index (κ1) is 20.0. The summed E-state index contributed by atoms with van der Waals surface area (Å²) in [6.07, 6.45) is 1.65. The predicted octanol–water partition coefficient (Wildman–Crippen LogP) is 3.40. The standard InChI is InChI=1S/C21H22N2O4S/c1-14(2)16-10-8-15(9-11-16)12-19-21(24)27-20(22-19)17-6-5-7-18(13-17)28(25,26)23(3)4/h5-14H,1-4H3/b19-12+. The molecule has 0 aromatic heterocycles. The third kappa shape index (κ3) is 4.05. The highest BCUT2D eigenvalue weighted by Crippen LogP contribution is 2.22. The number of hydrogen-bond donors (Lipinski definition) is 0. The molecular weight excluding hydrogens is 376 g/mol. The Bertz CT molecular complexity index is 1070. The molecule has 1 heterocycles. The van der Waals surface area contributed by atoms with E-state index in [-0.39, 0.29) is 16.5 Å². The molecule has 146 valence electrons. The molecule has 2 aromatic rings. The Morgan fingerprint density at radius 2 is 1.75 bits per heavy atom. The van der Waals surface area contributed by atoms with Crippen LogP contribution >= 0.6 is 0 Å². The van der Waals surface area contributed by atoms with E-state index in [9.17, 15) is 13.2 Å². The van der Waals surface area contributed by atoms with Crippen LogP contribution in [0.15, 0.2) is 64.1 Å². The zero-order chi connectivity index (χ0) is 20.5. The Morgan fingerprint density at radius 3 is 2.36 bits per heavy atom. The lowest BCUT2D eigenvalue weighted by molar-refractivity contribution is -0.129. The summed E-state index contributed by atoms with van der Waals surface area (Å²) in [5.74, 6) is -0.0526. The third-order valence-corrected chi connectivity index (χ3v) is 6.20. The molecule has 0 spiro atoms. The molecule has 1 aliphatic heterocycles. The van der Waals surface area contributed by atoms with Crippen LogP contribution in [0.4, 0.5) is 0 Å². The van der Waals surface area contributed by atoms with E-state index in [1.165, 1.54) is 31.8 Å². The van der Waals surface area contributed by atoms with E-state index in [4.69, 9.17) is 4.74 Å². The van der Waals surface area contributed by atoms with Crippen molar-refractivity contribution in [3.05, 3.63) is 70.9 Å². The minimum atomic E-state index is -3.59. The van der Waals surface area contributed by atoms with Crippen molar-refractivity contribution >= 4 is 28.0 Å². The number of aliphatic imine (C=N–C) groups is 1. The molecule has 0 unspecified atom stereocenters. The van der Waals surface area contributed by atoms with E-state index >= 15 is 0 Å². The third-order valence-electron chi connectivity index (χ3n) is 4.39. The fourth-order valence-corrected chi connectivity index (χ4v) is 3.62. The van der Waals surface area contributed by atoms with Crippen molar-refractivity contribution in [3.8, 4) is 0 Å². The van der Waals surface area contributed by atoms with Crippen LogP contribution in [0.5, 0.6) is 0 Å². The number of esters is 1. The van der Waals surface area contributed by atoms with Crippen molar-refractivity contribution < 1.29 is 17.9 Å². The van der Waals surface area contributed by atoms with Crippen LogP contribution in [0.25, 0.3) is 6.08 Å². The molecule has 2 aromatic carbocycles. The van der Waals surface area contributed by atoms with Crippen LogP contribution in [0.3, 0.4) is 0 Å². The fraction of sp³-hybridized carbons (Fsp3) is 0.238. The van der Waals surface area contributed by atoms with E-state index < -0.39 is 16.0 Å². The molecule has 0 radical (unpaired) electrons. The van der Waals surface area contributed by atoms with E-state index in [0.717, 1.165) is 9.87 Å². The molecular formula is C21H22N2O4S. The predicted molar refractivity (Wildman–Crippen MR) is 108 cm³/mol. The summed E-state index contributed by atoms with van der Waals surface area (Å²) in [4.78, 5) is 16.6.